The molecule has 10 heavy (non-hydrogen) atoms. The first-order valence-electron chi connectivity index (χ1n) is 3.20. The van der Waals surface area contributed by atoms with Crippen LogP contribution in [-0.4, -0.2) is 22.2 Å². The van der Waals surface area contributed by atoms with E-state index >= 15 is 0 Å². The van der Waals surface area contributed by atoms with Gasteiger partial charge in [0.2, 0.25) is 0 Å². The number of hydrogen-bond acceptors (Lipinski definition) is 2. The predicted octanol–water partition coefficient (Wildman–Crippen LogP) is -0.710. The quantitative estimate of drug-likeness (QED) is 0.546. The molecule has 1 heterocycles. The Morgan fingerprint density at radius 2 is 2.50 bits per heavy atom. The molecular formula is C6H10BN2O. The minimum absolute atomic E-state index is 0.0630. The van der Waals surface area contributed by atoms with Crippen molar-refractivity contribution in [3.63, 3.8) is 0 Å². The van der Waals surface area contributed by atoms with Gasteiger partial charge in [-0.25, -0.2) is 0 Å². The molecule has 0 saturated heterocycles. The van der Waals surface area contributed by atoms with Gasteiger partial charge in [0.1, 0.15) is 0 Å². The molecule has 0 aromatic carbocycles. The number of aryl methyl sites for hydroxylation is 1. The zero-order valence-corrected chi connectivity index (χ0v) is 6.20. The van der Waals surface area contributed by atoms with Gasteiger partial charge >= 0.3 is 0 Å². The van der Waals surface area contributed by atoms with Crippen molar-refractivity contribution in [1.82, 2.24) is 9.78 Å². The summed E-state index contributed by atoms with van der Waals surface area (Å²) in [6.07, 6.45) is 1.68. The molecule has 0 fully saturated rings. The van der Waals surface area contributed by atoms with Gasteiger partial charge in [0.05, 0.1) is 12.8 Å². The summed E-state index contributed by atoms with van der Waals surface area (Å²) in [7, 11) is 3.78. The van der Waals surface area contributed by atoms with Gasteiger partial charge < -0.3 is 5.11 Å². The predicted molar refractivity (Wildman–Crippen MR) is 40.4 cm³/mol. The van der Waals surface area contributed by atoms with Crippen LogP contribution in [0, 0.1) is 0 Å². The smallest absolute Gasteiger partial charge is 0.174 e. The lowest BCUT2D eigenvalue weighted by Gasteiger charge is -1.97. The Morgan fingerprint density at radius 3 is 2.90 bits per heavy atom. The average molecular weight is 137 g/mol. The van der Waals surface area contributed by atoms with E-state index in [1.165, 1.54) is 0 Å². The van der Waals surface area contributed by atoms with Crippen LogP contribution in [0.25, 0.3) is 0 Å². The van der Waals surface area contributed by atoms with Gasteiger partial charge in [0.25, 0.3) is 0 Å². The molecule has 1 aromatic rings. The molecule has 0 aliphatic carbocycles. The molecule has 1 radical (unpaired) electrons. The number of hydrogen-bond donors (Lipinski definition) is 1. The SMILES string of the molecule is C[B]c1c(CO)cnn1C. The monoisotopic (exact) mass is 137 g/mol. The Hall–Kier alpha value is -0.765. The molecule has 53 valence electrons. The summed E-state index contributed by atoms with van der Waals surface area (Å²) in [6.45, 7) is 1.99. The van der Waals surface area contributed by atoms with Crippen LogP contribution in [0.4, 0.5) is 0 Å². The van der Waals surface area contributed by atoms with Crippen molar-refractivity contribution in [2.75, 3.05) is 0 Å². The van der Waals surface area contributed by atoms with E-state index in [-0.39, 0.29) is 6.61 Å². The Bertz CT molecular complexity index is 222. The van der Waals surface area contributed by atoms with E-state index in [0.29, 0.717) is 0 Å². The molecule has 0 bridgehead atoms. The maximum atomic E-state index is 8.79. The van der Waals surface area contributed by atoms with Gasteiger partial charge in [-0.15, -0.1) is 0 Å². The van der Waals surface area contributed by atoms with Gasteiger partial charge in [-0.05, 0) is 5.59 Å². The Balaban J connectivity index is 3.01. The Labute approximate surface area is 60.9 Å². The van der Waals surface area contributed by atoms with E-state index in [1.807, 2.05) is 21.2 Å². The van der Waals surface area contributed by atoms with Crippen molar-refractivity contribution >= 4 is 12.9 Å². The van der Waals surface area contributed by atoms with E-state index in [9.17, 15) is 0 Å². The van der Waals surface area contributed by atoms with Crippen LogP contribution in [0.2, 0.25) is 6.82 Å². The first kappa shape index (κ1) is 7.34. The van der Waals surface area contributed by atoms with E-state index in [4.69, 9.17) is 5.11 Å². The van der Waals surface area contributed by atoms with Crippen molar-refractivity contribution in [1.29, 1.82) is 0 Å². The van der Waals surface area contributed by atoms with Crippen LogP contribution in [-0.2, 0) is 13.7 Å². The van der Waals surface area contributed by atoms with Crippen LogP contribution in [0.15, 0.2) is 6.20 Å². The maximum absolute atomic E-state index is 8.79. The van der Waals surface area contributed by atoms with Gasteiger partial charge in [-0.3, -0.25) is 4.68 Å². The van der Waals surface area contributed by atoms with Crippen LogP contribution < -0.4 is 5.59 Å². The van der Waals surface area contributed by atoms with Crippen molar-refractivity contribution < 1.29 is 5.11 Å². The van der Waals surface area contributed by atoms with Crippen molar-refractivity contribution in [2.24, 2.45) is 7.05 Å². The maximum Gasteiger partial charge on any atom is 0.174 e. The highest BCUT2D eigenvalue weighted by Gasteiger charge is 2.03. The molecular weight excluding hydrogens is 127 g/mol. The second-order valence-corrected chi connectivity index (χ2v) is 2.13. The minimum Gasteiger partial charge on any atom is -0.392 e. The van der Waals surface area contributed by atoms with E-state index < -0.39 is 0 Å². The van der Waals surface area contributed by atoms with Gasteiger partial charge in [-0.2, -0.15) is 5.10 Å². The molecule has 0 spiro atoms. The Morgan fingerprint density at radius 1 is 1.80 bits per heavy atom. The molecule has 1 N–H and O–H groups in total. The molecule has 0 unspecified atom stereocenters. The molecule has 0 aliphatic heterocycles. The zero-order chi connectivity index (χ0) is 7.56. The number of rotatable bonds is 2. The first-order valence-corrected chi connectivity index (χ1v) is 3.20. The molecule has 0 aliphatic rings. The van der Waals surface area contributed by atoms with Crippen LogP contribution in [0.5, 0.6) is 0 Å². The third-order valence-corrected chi connectivity index (χ3v) is 1.51. The zero-order valence-electron chi connectivity index (χ0n) is 6.20. The second kappa shape index (κ2) is 2.88. The largest absolute Gasteiger partial charge is 0.392 e. The van der Waals surface area contributed by atoms with Crippen LogP contribution in [0.1, 0.15) is 5.56 Å². The molecule has 3 nitrogen and oxygen atoms in total. The second-order valence-electron chi connectivity index (χ2n) is 2.13. The number of aromatic nitrogens is 2. The lowest BCUT2D eigenvalue weighted by atomic mass is 9.76. The molecule has 0 atom stereocenters. The number of aliphatic hydroxyl groups is 1. The summed E-state index contributed by atoms with van der Waals surface area (Å²) in [5.41, 5.74) is 1.87. The van der Waals surface area contributed by atoms with E-state index in [0.717, 1.165) is 11.2 Å². The van der Waals surface area contributed by atoms with E-state index in [1.54, 1.807) is 10.9 Å². The number of nitrogens with zero attached hydrogens (tertiary/aromatic N) is 2. The standard InChI is InChI=1S/C6H10BN2O/c1-7-6-5(4-10)3-8-9(6)2/h3,10H,4H2,1-2H3. The van der Waals surface area contributed by atoms with Crippen molar-refractivity contribution in [3.05, 3.63) is 11.8 Å². The third kappa shape index (κ3) is 1.07. The fourth-order valence-electron chi connectivity index (χ4n) is 0.987. The molecule has 1 rings (SSSR count). The van der Waals surface area contributed by atoms with Crippen molar-refractivity contribution in [3.8, 4) is 0 Å². The van der Waals surface area contributed by atoms with Gasteiger partial charge in [0, 0.05) is 12.6 Å². The van der Waals surface area contributed by atoms with Crippen LogP contribution >= 0.6 is 0 Å². The molecule has 1 aromatic heterocycles. The Kier molecular flexibility index (Phi) is 2.11. The number of aliphatic hydroxyl groups excluding tert-OH is 1. The summed E-state index contributed by atoms with van der Waals surface area (Å²) >= 11 is 0. The topological polar surface area (TPSA) is 38.1 Å². The van der Waals surface area contributed by atoms with Crippen molar-refractivity contribution in [2.45, 2.75) is 13.4 Å². The summed E-state index contributed by atoms with van der Waals surface area (Å²) in [4.78, 5) is 0. The van der Waals surface area contributed by atoms with Gasteiger partial charge in [-0.1, -0.05) is 6.82 Å². The first-order chi connectivity index (χ1) is 4.79. The summed E-state index contributed by atoms with van der Waals surface area (Å²) in [5, 5.41) is 12.8. The molecule has 0 amide bonds. The third-order valence-electron chi connectivity index (χ3n) is 1.51. The lowest BCUT2D eigenvalue weighted by molar-refractivity contribution is 0.283. The fourth-order valence-corrected chi connectivity index (χ4v) is 0.987. The highest BCUT2D eigenvalue weighted by atomic mass is 16.3. The average Bonchev–Trinajstić information content (AvgIpc) is 2.30. The fraction of sp³-hybridized carbons (Fsp3) is 0.500. The van der Waals surface area contributed by atoms with E-state index in [2.05, 4.69) is 5.10 Å². The highest BCUT2D eigenvalue weighted by molar-refractivity contribution is 6.51. The minimum atomic E-state index is 0.0630. The summed E-state index contributed by atoms with van der Waals surface area (Å²) in [6, 6.07) is 0. The molecule has 0 saturated carbocycles. The molecule has 4 heteroatoms. The highest BCUT2D eigenvalue weighted by Crippen LogP contribution is 1.91. The lowest BCUT2D eigenvalue weighted by Crippen LogP contribution is -2.23. The summed E-state index contributed by atoms with van der Waals surface area (Å²) in [5.74, 6) is 0. The normalized spacial score (nSPS) is 9.90. The summed E-state index contributed by atoms with van der Waals surface area (Å²) < 4.78 is 1.74. The van der Waals surface area contributed by atoms with Crippen LogP contribution in [0.3, 0.4) is 0 Å². The van der Waals surface area contributed by atoms with Gasteiger partial charge in [0.15, 0.2) is 7.28 Å².